The second-order valence-electron chi connectivity index (χ2n) is 7.16. The molecule has 0 bridgehead atoms. The zero-order chi connectivity index (χ0) is 17.7. The van der Waals surface area contributed by atoms with Gasteiger partial charge in [0.05, 0.1) is 0 Å². The highest BCUT2D eigenvalue weighted by atomic mass is 28.3. The highest BCUT2D eigenvalue weighted by Gasteiger charge is 2.12. The first-order chi connectivity index (χ1) is 12.0. The summed E-state index contributed by atoms with van der Waals surface area (Å²) in [6.07, 6.45) is 0. The summed E-state index contributed by atoms with van der Waals surface area (Å²) >= 11 is 0. The lowest BCUT2D eigenvalue weighted by atomic mass is 9.94. The predicted molar refractivity (Wildman–Crippen MR) is 111 cm³/mol. The Morgan fingerprint density at radius 1 is 0.720 bits per heavy atom. The van der Waals surface area contributed by atoms with E-state index in [-0.39, 0.29) is 5.92 Å². The third kappa shape index (κ3) is 4.63. The minimum atomic E-state index is -1.46. The van der Waals surface area contributed by atoms with Gasteiger partial charge in [-0.3, -0.25) is 0 Å². The summed E-state index contributed by atoms with van der Waals surface area (Å²) in [5.41, 5.74) is 5.74. The molecule has 0 saturated carbocycles. The fourth-order valence-corrected chi connectivity index (χ4v) is 3.24. The molecule has 0 radical (unpaired) electrons. The van der Waals surface area contributed by atoms with Gasteiger partial charge in [0.2, 0.25) is 0 Å². The molecule has 1 unspecified atom stereocenters. The summed E-state index contributed by atoms with van der Waals surface area (Å²) in [7, 11) is -1.46. The van der Waals surface area contributed by atoms with Crippen molar-refractivity contribution in [1.29, 1.82) is 0 Å². The zero-order valence-corrected chi connectivity index (χ0v) is 16.0. The smallest absolute Gasteiger partial charge is 0.129 e. The van der Waals surface area contributed by atoms with Crippen molar-refractivity contribution in [3.8, 4) is 23.3 Å². The summed E-state index contributed by atoms with van der Waals surface area (Å²) in [6.45, 7) is 6.81. The van der Waals surface area contributed by atoms with Gasteiger partial charge in [-0.1, -0.05) is 98.1 Å². The molecule has 0 heterocycles. The normalized spacial score (nSPS) is 11.8. The molecule has 3 aromatic rings. The van der Waals surface area contributed by atoms with Crippen LogP contribution in [0.15, 0.2) is 72.8 Å². The van der Waals surface area contributed by atoms with Crippen molar-refractivity contribution in [3.05, 3.63) is 83.9 Å². The Bertz CT molecular complexity index is 981. The van der Waals surface area contributed by atoms with Gasteiger partial charge in [-0.05, 0) is 28.5 Å². The molecule has 0 N–H and O–H groups in total. The van der Waals surface area contributed by atoms with Gasteiger partial charge in [0.25, 0.3) is 0 Å². The number of fused-ring (bicyclic) bond motifs is 1. The van der Waals surface area contributed by atoms with Gasteiger partial charge in [0.15, 0.2) is 0 Å². The summed E-state index contributed by atoms with van der Waals surface area (Å²) in [6, 6.07) is 25.0. The monoisotopic (exact) mass is 338 g/mol. The van der Waals surface area contributed by atoms with Crippen LogP contribution in [0.3, 0.4) is 0 Å². The molecule has 25 heavy (non-hydrogen) atoms. The van der Waals surface area contributed by atoms with Gasteiger partial charge < -0.3 is 0 Å². The van der Waals surface area contributed by atoms with Crippen molar-refractivity contribution in [3.63, 3.8) is 0 Å². The summed E-state index contributed by atoms with van der Waals surface area (Å²) in [5, 5.41) is 2.48. The van der Waals surface area contributed by atoms with Gasteiger partial charge in [-0.15, -0.1) is 5.54 Å². The Morgan fingerprint density at radius 2 is 1.40 bits per heavy atom. The van der Waals surface area contributed by atoms with E-state index in [4.69, 9.17) is 0 Å². The molecule has 1 atom stereocenters. The molecule has 0 amide bonds. The van der Waals surface area contributed by atoms with Crippen LogP contribution in [-0.4, -0.2) is 8.07 Å². The summed E-state index contributed by atoms with van der Waals surface area (Å²) in [5.74, 6) is 10.1. The fraction of sp³-hybridized carbons (Fsp3) is 0.167. The lowest BCUT2D eigenvalue weighted by molar-refractivity contribution is 1.19. The van der Waals surface area contributed by atoms with Crippen LogP contribution in [-0.2, 0) is 0 Å². The molecular formula is C24H22Si. The first-order valence-electron chi connectivity index (χ1n) is 8.60. The van der Waals surface area contributed by atoms with E-state index in [0.717, 1.165) is 5.56 Å². The molecule has 3 aromatic carbocycles. The van der Waals surface area contributed by atoms with E-state index in [9.17, 15) is 0 Å². The van der Waals surface area contributed by atoms with E-state index in [0.29, 0.717) is 0 Å². The Kier molecular flexibility index (Phi) is 5.08. The lowest BCUT2D eigenvalue weighted by Crippen LogP contribution is -2.16. The second kappa shape index (κ2) is 7.43. The molecule has 1 heteroatoms. The Labute approximate surface area is 151 Å². The van der Waals surface area contributed by atoms with E-state index in [1.807, 2.05) is 30.3 Å². The molecule has 0 aliphatic heterocycles. The molecular weight excluding hydrogens is 316 g/mol. The maximum atomic E-state index is 3.51. The SMILES string of the molecule is C[Si](C)(C)C#CC(C#Cc1ccccc1)c1cccc2ccccc12. The van der Waals surface area contributed by atoms with E-state index >= 15 is 0 Å². The minimum Gasteiger partial charge on any atom is -0.130 e. The highest BCUT2D eigenvalue weighted by molar-refractivity contribution is 6.83. The maximum absolute atomic E-state index is 3.51. The van der Waals surface area contributed by atoms with Gasteiger partial charge in [0.1, 0.15) is 14.0 Å². The fourth-order valence-electron chi connectivity index (χ4n) is 2.66. The maximum Gasteiger partial charge on any atom is 0.129 e. The Hall–Kier alpha value is -2.74. The molecule has 0 aliphatic carbocycles. The van der Waals surface area contributed by atoms with Crippen molar-refractivity contribution >= 4 is 18.8 Å². The molecule has 0 aliphatic rings. The Balaban J connectivity index is 2.10. The van der Waals surface area contributed by atoms with Crippen molar-refractivity contribution in [1.82, 2.24) is 0 Å². The van der Waals surface area contributed by atoms with E-state index in [2.05, 4.69) is 85.4 Å². The molecule has 122 valence electrons. The van der Waals surface area contributed by atoms with Crippen LogP contribution in [0.1, 0.15) is 17.0 Å². The topological polar surface area (TPSA) is 0 Å². The van der Waals surface area contributed by atoms with Crippen LogP contribution in [0.5, 0.6) is 0 Å². The zero-order valence-electron chi connectivity index (χ0n) is 15.0. The van der Waals surface area contributed by atoms with E-state index < -0.39 is 8.07 Å². The van der Waals surface area contributed by atoms with Crippen LogP contribution < -0.4 is 0 Å². The van der Waals surface area contributed by atoms with E-state index in [1.54, 1.807) is 0 Å². The van der Waals surface area contributed by atoms with Gasteiger partial charge >= 0.3 is 0 Å². The molecule has 0 fully saturated rings. The number of hydrogen-bond donors (Lipinski definition) is 0. The van der Waals surface area contributed by atoms with Crippen molar-refractivity contribution in [2.45, 2.75) is 25.6 Å². The number of rotatable bonds is 1. The van der Waals surface area contributed by atoms with Gasteiger partial charge in [0, 0.05) is 5.56 Å². The van der Waals surface area contributed by atoms with Crippen molar-refractivity contribution < 1.29 is 0 Å². The molecule has 0 spiro atoms. The van der Waals surface area contributed by atoms with Gasteiger partial charge in [-0.25, -0.2) is 0 Å². The largest absolute Gasteiger partial charge is 0.130 e. The van der Waals surface area contributed by atoms with Crippen LogP contribution in [0.4, 0.5) is 0 Å². The molecule has 3 rings (SSSR count). The minimum absolute atomic E-state index is 0.0713. The number of hydrogen-bond acceptors (Lipinski definition) is 0. The van der Waals surface area contributed by atoms with Crippen LogP contribution in [0.25, 0.3) is 10.8 Å². The Morgan fingerprint density at radius 3 is 2.16 bits per heavy atom. The standard InChI is InChI=1S/C24H22Si/c1-25(2,3)19-18-22(17-16-20-10-5-4-6-11-20)24-15-9-13-21-12-7-8-14-23(21)24/h4-15,22H,1-3H3. The number of benzene rings is 3. The quantitative estimate of drug-likeness (QED) is 0.385. The summed E-state index contributed by atoms with van der Waals surface area (Å²) in [4.78, 5) is 0. The molecule has 0 saturated heterocycles. The van der Waals surface area contributed by atoms with Crippen molar-refractivity contribution in [2.24, 2.45) is 0 Å². The average molecular weight is 339 g/mol. The molecule has 0 aromatic heterocycles. The first-order valence-corrected chi connectivity index (χ1v) is 12.1. The average Bonchev–Trinajstić information content (AvgIpc) is 2.61. The van der Waals surface area contributed by atoms with Crippen LogP contribution in [0.2, 0.25) is 19.6 Å². The third-order valence-corrected chi connectivity index (χ3v) is 4.75. The van der Waals surface area contributed by atoms with Crippen LogP contribution >= 0.6 is 0 Å². The molecule has 0 nitrogen and oxygen atoms in total. The lowest BCUT2D eigenvalue weighted by Gasteiger charge is -2.10. The first kappa shape index (κ1) is 17.1. The predicted octanol–water partition coefficient (Wildman–Crippen LogP) is 5.86. The third-order valence-electron chi connectivity index (χ3n) is 3.86. The van der Waals surface area contributed by atoms with E-state index in [1.165, 1.54) is 16.3 Å². The van der Waals surface area contributed by atoms with Crippen molar-refractivity contribution in [2.75, 3.05) is 0 Å². The van der Waals surface area contributed by atoms with Gasteiger partial charge in [-0.2, -0.15) is 0 Å². The van der Waals surface area contributed by atoms with Crippen LogP contribution in [0, 0.1) is 23.3 Å². The highest BCUT2D eigenvalue weighted by Crippen LogP contribution is 2.25. The second-order valence-corrected chi connectivity index (χ2v) is 11.9. The summed E-state index contributed by atoms with van der Waals surface area (Å²) < 4.78 is 0.